The van der Waals surface area contributed by atoms with E-state index in [1.165, 1.54) is 7.11 Å². The summed E-state index contributed by atoms with van der Waals surface area (Å²) in [5.74, 6) is -1.31. The highest BCUT2D eigenvalue weighted by molar-refractivity contribution is 6.34. The number of hydrogen-bond acceptors (Lipinski definition) is 4. The lowest BCUT2D eigenvalue weighted by Crippen LogP contribution is -2.21. The summed E-state index contributed by atoms with van der Waals surface area (Å²) in [5, 5.41) is 0. The van der Waals surface area contributed by atoms with Gasteiger partial charge in [0.05, 0.1) is 7.11 Å². The van der Waals surface area contributed by atoms with Crippen LogP contribution in [0.4, 0.5) is 5.69 Å². The van der Waals surface area contributed by atoms with Crippen LogP contribution in [0.2, 0.25) is 0 Å². The number of hydrogen-bond donors (Lipinski definition) is 0. The van der Waals surface area contributed by atoms with Crippen molar-refractivity contribution in [2.45, 2.75) is 20.3 Å². The maximum Gasteiger partial charge on any atom is 0.374 e. The molecule has 0 atom stereocenters. The van der Waals surface area contributed by atoms with Crippen molar-refractivity contribution >= 4 is 17.4 Å². The first-order valence-electron chi connectivity index (χ1n) is 6.07. The molecule has 0 aromatic heterocycles. The Morgan fingerprint density at radius 3 is 2.11 bits per heavy atom. The second kappa shape index (κ2) is 6.79. The number of carbonyl (C=O) groups is 2. The Balaban J connectivity index is 2.71. The van der Waals surface area contributed by atoms with Gasteiger partial charge >= 0.3 is 5.97 Å². The van der Waals surface area contributed by atoms with Gasteiger partial charge in [0.1, 0.15) is 0 Å². The predicted molar refractivity (Wildman–Crippen MR) is 70.7 cm³/mol. The molecule has 0 saturated carbocycles. The van der Waals surface area contributed by atoms with Crippen molar-refractivity contribution in [2.24, 2.45) is 0 Å². The Bertz CT molecular complexity index is 408. The minimum atomic E-state index is -0.789. The second-order valence-corrected chi connectivity index (χ2v) is 3.93. The number of esters is 1. The molecule has 98 valence electrons. The fourth-order valence-electron chi connectivity index (χ4n) is 1.78. The SMILES string of the molecule is CCN(CC)c1ccc(CC(=O)C(=O)OC)cc1. The van der Waals surface area contributed by atoms with E-state index in [0.29, 0.717) is 0 Å². The van der Waals surface area contributed by atoms with E-state index < -0.39 is 11.8 Å². The van der Waals surface area contributed by atoms with Crippen LogP contribution in [0.3, 0.4) is 0 Å². The lowest BCUT2D eigenvalue weighted by Gasteiger charge is -2.21. The van der Waals surface area contributed by atoms with E-state index in [9.17, 15) is 9.59 Å². The van der Waals surface area contributed by atoms with Crippen LogP contribution in [-0.4, -0.2) is 32.0 Å². The van der Waals surface area contributed by atoms with Crippen LogP contribution in [0.1, 0.15) is 19.4 Å². The summed E-state index contributed by atoms with van der Waals surface area (Å²) in [7, 11) is 1.21. The first-order valence-corrected chi connectivity index (χ1v) is 6.07. The standard InChI is InChI=1S/C14H19NO3/c1-4-15(5-2)12-8-6-11(7-9-12)10-13(16)14(17)18-3/h6-9H,4-5,10H2,1-3H3. The molecule has 1 aromatic rings. The fourth-order valence-corrected chi connectivity index (χ4v) is 1.78. The summed E-state index contributed by atoms with van der Waals surface area (Å²) >= 11 is 0. The molecule has 0 amide bonds. The molecule has 0 fully saturated rings. The van der Waals surface area contributed by atoms with Crippen LogP contribution in [0.5, 0.6) is 0 Å². The first kappa shape index (κ1) is 14.2. The number of ether oxygens (including phenoxy) is 1. The van der Waals surface area contributed by atoms with Gasteiger partial charge in [-0.1, -0.05) is 12.1 Å². The number of nitrogens with zero attached hydrogens (tertiary/aromatic N) is 1. The van der Waals surface area contributed by atoms with Gasteiger partial charge in [-0.3, -0.25) is 4.79 Å². The quantitative estimate of drug-likeness (QED) is 0.570. The Morgan fingerprint density at radius 1 is 1.11 bits per heavy atom. The van der Waals surface area contributed by atoms with E-state index in [2.05, 4.69) is 23.5 Å². The van der Waals surface area contributed by atoms with Crippen LogP contribution in [0.25, 0.3) is 0 Å². The summed E-state index contributed by atoms with van der Waals surface area (Å²) in [6.07, 6.45) is 0.0885. The van der Waals surface area contributed by atoms with Crippen molar-refractivity contribution in [3.63, 3.8) is 0 Å². The van der Waals surface area contributed by atoms with Crippen LogP contribution >= 0.6 is 0 Å². The monoisotopic (exact) mass is 249 g/mol. The zero-order valence-electron chi connectivity index (χ0n) is 11.1. The normalized spacial score (nSPS) is 9.94. The highest BCUT2D eigenvalue weighted by Gasteiger charge is 2.14. The molecule has 0 aliphatic heterocycles. The third-order valence-electron chi connectivity index (χ3n) is 2.84. The van der Waals surface area contributed by atoms with E-state index in [1.807, 2.05) is 24.3 Å². The number of rotatable bonds is 6. The number of methoxy groups -OCH3 is 1. The van der Waals surface area contributed by atoms with Crippen LogP contribution in [-0.2, 0) is 20.7 Å². The van der Waals surface area contributed by atoms with Gasteiger partial charge in [0.2, 0.25) is 5.78 Å². The molecule has 0 bridgehead atoms. The number of carbonyl (C=O) groups excluding carboxylic acids is 2. The van der Waals surface area contributed by atoms with Gasteiger partial charge in [-0.15, -0.1) is 0 Å². The van der Waals surface area contributed by atoms with Gasteiger partial charge in [0.15, 0.2) is 0 Å². The zero-order valence-corrected chi connectivity index (χ0v) is 11.1. The molecule has 1 rings (SSSR count). The number of anilines is 1. The molecule has 0 saturated heterocycles. The molecule has 0 heterocycles. The van der Waals surface area contributed by atoms with Crippen molar-refractivity contribution in [1.82, 2.24) is 0 Å². The lowest BCUT2D eigenvalue weighted by molar-refractivity contribution is -0.151. The molecule has 4 heteroatoms. The molecular weight excluding hydrogens is 230 g/mol. The minimum absolute atomic E-state index is 0.0885. The molecule has 0 aliphatic rings. The summed E-state index contributed by atoms with van der Waals surface area (Å²) in [4.78, 5) is 24.6. The smallest absolute Gasteiger partial charge is 0.374 e. The van der Waals surface area contributed by atoms with E-state index in [4.69, 9.17) is 0 Å². The lowest BCUT2D eigenvalue weighted by atomic mass is 10.1. The molecule has 1 aromatic carbocycles. The summed E-state index contributed by atoms with van der Waals surface area (Å²) in [6.45, 7) is 6.07. The summed E-state index contributed by atoms with van der Waals surface area (Å²) in [5.41, 5.74) is 1.94. The minimum Gasteiger partial charge on any atom is -0.463 e. The Kier molecular flexibility index (Phi) is 5.36. The van der Waals surface area contributed by atoms with Crippen molar-refractivity contribution in [3.8, 4) is 0 Å². The highest BCUT2D eigenvalue weighted by Crippen LogP contribution is 2.15. The third-order valence-corrected chi connectivity index (χ3v) is 2.84. The molecule has 0 aliphatic carbocycles. The van der Waals surface area contributed by atoms with Crippen LogP contribution in [0, 0.1) is 0 Å². The van der Waals surface area contributed by atoms with Gasteiger partial charge in [-0.05, 0) is 31.5 Å². The maximum atomic E-state index is 11.4. The molecule has 4 nitrogen and oxygen atoms in total. The van der Waals surface area contributed by atoms with Gasteiger partial charge < -0.3 is 9.64 Å². The molecular formula is C14H19NO3. The van der Waals surface area contributed by atoms with Crippen molar-refractivity contribution in [2.75, 3.05) is 25.1 Å². The Morgan fingerprint density at radius 2 is 1.67 bits per heavy atom. The second-order valence-electron chi connectivity index (χ2n) is 3.93. The Labute approximate surface area is 108 Å². The topological polar surface area (TPSA) is 46.6 Å². The van der Waals surface area contributed by atoms with Crippen molar-refractivity contribution < 1.29 is 14.3 Å². The molecule has 0 unspecified atom stereocenters. The molecule has 0 N–H and O–H groups in total. The van der Waals surface area contributed by atoms with Gasteiger partial charge in [-0.25, -0.2) is 4.79 Å². The maximum absolute atomic E-state index is 11.4. The highest BCUT2D eigenvalue weighted by atomic mass is 16.5. The summed E-state index contributed by atoms with van der Waals surface area (Å²) < 4.78 is 4.38. The van der Waals surface area contributed by atoms with Crippen LogP contribution in [0.15, 0.2) is 24.3 Å². The van der Waals surface area contributed by atoms with Gasteiger partial charge in [-0.2, -0.15) is 0 Å². The van der Waals surface area contributed by atoms with E-state index in [-0.39, 0.29) is 6.42 Å². The number of benzene rings is 1. The van der Waals surface area contributed by atoms with Crippen LogP contribution < -0.4 is 4.90 Å². The summed E-state index contributed by atoms with van der Waals surface area (Å²) in [6, 6.07) is 7.67. The largest absolute Gasteiger partial charge is 0.463 e. The molecule has 18 heavy (non-hydrogen) atoms. The predicted octanol–water partition coefficient (Wildman–Crippen LogP) is 1.82. The third kappa shape index (κ3) is 3.58. The molecule has 0 spiro atoms. The van der Waals surface area contributed by atoms with E-state index >= 15 is 0 Å². The van der Waals surface area contributed by atoms with E-state index in [0.717, 1.165) is 24.3 Å². The molecule has 0 radical (unpaired) electrons. The number of ketones is 1. The van der Waals surface area contributed by atoms with Crippen molar-refractivity contribution in [3.05, 3.63) is 29.8 Å². The number of Topliss-reactive ketones (excluding diaryl/α,β-unsaturated/α-hetero) is 1. The average Bonchev–Trinajstić information content (AvgIpc) is 2.41. The van der Waals surface area contributed by atoms with E-state index in [1.54, 1.807) is 0 Å². The zero-order chi connectivity index (χ0) is 13.5. The fraction of sp³-hybridized carbons (Fsp3) is 0.429. The van der Waals surface area contributed by atoms with Gasteiger partial charge in [0.25, 0.3) is 0 Å². The van der Waals surface area contributed by atoms with Gasteiger partial charge in [0, 0.05) is 25.2 Å². The first-order chi connectivity index (χ1) is 8.62. The Hall–Kier alpha value is -1.84. The average molecular weight is 249 g/mol. The van der Waals surface area contributed by atoms with Crippen molar-refractivity contribution in [1.29, 1.82) is 0 Å².